The molecule has 1 aliphatic rings. The second-order valence-electron chi connectivity index (χ2n) is 7.16. The second-order valence-corrected chi connectivity index (χ2v) is 7.16. The van der Waals surface area contributed by atoms with Crippen LogP contribution < -0.4 is 10.2 Å². The van der Waals surface area contributed by atoms with Crippen molar-refractivity contribution in [2.24, 2.45) is 0 Å². The van der Waals surface area contributed by atoms with Crippen LogP contribution in [-0.4, -0.2) is 22.6 Å². The normalized spacial score (nSPS) is 18.9. The molecule has 2 heterocycles. The Morgan fingerprint density at radius 2 is 2.11 bits per heavy atom. The maximum Gasteiger partial charge on any atom is 0.133 e. The molecule has 1 aromatic heterocycles. The Morgan fingerprint density at radius 1 is 1.37 bits per heavy atom. The number of anilines is 1. The van der Waals surface area contributed by atoms with E-state index in [9.17, 15) is 0 Å². The number of aromatic nitrogens is 1. The van der Waals surface area contributed by atoms with Crippen LogP contribution in [0, 0.1) is 0 Å². The van der Waals surface area contributed by atoms with Gasteiger partial charge in [-0.2, -0.15) is 0 Å². The molecule has 3 heteroatoms. The Labute approximate surface area is 117 Å². The number of nitrogens with zero attached hydrogens (tertiary/aromatic N) is 2. The molecule has 0 amide bonds. The number of nitrogens with one attached hydrogen (secondary N) is 1. The molecule has 0 bridgehead atoms. The molecule has 0 radical (unpaired) electrons. The van der Waals surface area contributed by atoms with Crippen LogP contribution in [0.3, 0.4) is 0 Å². The van der Waals surface area contributed by atoms with E-state index in [1.54, 1.807) is 0 Å². The minimum Gasteiger partial charge on any atom is -0.351 e. The van der Waals surface area contributed by atoms with Gasteiger partial charge in [0.25, 0.3) is 0 Å². The highest BCUT2D eigenvalue weighted by molar-refractivity contribution is 5.50. The molecule has 0 aromatic carbocycles. The van der Waals surface area contributed by atoms with Crippen LogP contribution in [0.15, 0.2) is 18.3 Å². The van der Waals surface area contributed by atoms with Gasteiger partial charge in [-0.3, -0.25) is 0 Å². The SMILES string of the molecule is CC(C)(C)NCc1cccnc1N1CCCC1(C)C. The van der Waals surface area contributed by atoms with Gasteiger partial charge in [-0.25, -0.2) is 4.98 Å². The minimum absolute atomic E-state index is 0.133. The van der Waals surface area contributed by atoms with Crippen molar-refractivity contribution in [2.75, 3.05) is 11.4 Å². The largest absolute Gasteiger partial charge is 0.351 e. The molecule has 1 N–H and O–H groups in total. The Balaban J connectivity index is 2.21. The first-order valence-corrected chi connectivity index (χ1v) is 7.26. The standard InChI is InChI=1S/C16H27N3/c1-15(2,3)18-12-13-8-6-10-17-14(13)19-11-7-9-16(19,4)5/h6,8,10,18H,7,9,11-12H2,1-5H3. The second kappa shape index (κ2) is 5.12. The Bertz CT molecular complexity index is 432. The molecule has 0 atom stereocenters. The highest BCUT2D eigenvalue weighted by Gasteiger charge is 2.33. The molecule has 1 aromatic rings. The predicted octanol–water partition coefficient (Wildman–Crippen LogP) is 3.35. The Hall–Kier alpha value is -1.09. The van der Waals surface area contributed by atoms with E-state index < -0.39 is 0 Å². The molecular weight excluding hydrogens is 234 g/mol. The third kappa shape index (κ3) is 3.47. The van der Waals surface area contributed by atoms with Crippen molar-refractivity contribution >= 4 is 5.82 Å². The molecule has 19 heavy (non-hydrogen) atoms. The van der Waals surface area contributed by atoms with Gasteiger partial charge in [0.2, 0.25) is 0 Å². The highest BCUT2D eigenvalue weighted by Crippen LogP contribution is 2.34. The molecule has 1 aliphatic heterocycles. The summed E-state index contributed by atoms with van der Waals surface area (Å²) in [6.07, 6.45) is 4.41. The summed E-state index contributed by atoms with van der Waals surface area (Å²) in [7, 11) is 0. The first kappa shape index (κ1) is 14.3. The fourth-order valence-corrected chi connectivity index (χ4v) is 2.67. The van der Waals surface area contributed by atoms with E-state index >= 15 is 0 Å². The van der Waals surface area contributed by atoms with E-state index in [2.05, 4.69) is 55.9 Å². The lowest BCUT2D eigenvalue weighted by Gasteiger charge is -2.34. The Morgan fingerprint density at radius 3 is 2.68 bits per heavy atom. The molecule has 2 rings (SSSR count). The molecule has 0 spiro atoms. The fraction of sp³-hybridized carbons (Fsp3) is 0.688. The van der Waals surface area contributed by atoms with Gasteiger partial charge in [0.1, 0.15) is 5.82 Å². The smallest absolute Gasteiger partial charge is 0.133 e. The van der Waals surface area contributed by atoms with Gasteiger partial charge < -0.3 is 10.2 Å². The molecule has 1 fully saturated rings. The van der Waals surface area contributed by atoms with Crippen molar-refractivity contribution in [1.29, 1.82) is 0 Å². The lowest BCUT2D eigenvalue weighted by Crippen LogP contribution is -2.40. The van der Waals surface area contributed by atoms with Crippen LogP contribution in [0.25, 0.3) is 0 Å². The fourth-order valence-electron chi connectivity index (χ4n) is 2.67. The summed E-state index contributed by atoms with van der Waals surface area (Å²) in [6.45, 7) is 13.2. The van der Waals surface area contributed by atoms with E-state index in [0.29, 0.717) is 0 Å². The molecule has 0 unspecified atom stereocenters. The summed E-state index contributed by atoms with van der Waals surface area (Å²) in [4.78, 5) is 7.11. The summed E-state index contributed by atoms with van der Waals surface area (Å²) in [5.41, 5.74) is 1.66. The molecule has 1 saturated heterocycles. The van der Waals surface area contributed by atoms with Gasteiger partial charge in [-0.05, 0) is 53.5 Å². The maximum atomic E-state index is 4.64. The van der Waals surface area contributed by atoms with Crippen LogP contribution in [-0.2, 0) is 6.54 Å². The lowest BCUT2D eigenvalue weighted by atomic mass is 10.0. The zero-order valence-electron chi connectivity index (χ0n) is 13.0. The number of hydrogen-bond donors (Lipinski definition) is 1. The topological polar surface area (TPSA) is 28.2 Å². The summed E-state index contributed by atoms with van der Waals surface area (Å²) < 4.78 is 0. The van der Waals surface area contributed by atoms with Crippen LogP contribution in [0.5, 0.6) is 0 Å². The summed E-state index contributed by atoms with van der Waals surface area (Å²) in [5.74, 6) is 1.15. The van der Waals surface area contributed by atoms with Crippen LogP contribution in [0.4, 0.5) is 5.82 Å². The molecule has 106 valence electrons. The Kier molecular flexibility index (Phi) is 3.86. The van der Waals surface area contributed by atoms with Gasteiger partial charge in [0.05, 0.1) is 0 Å². The quantitative estimate of drug-likeness (QED) is 0.904. The highest BCUT2D eigenvalue weighted by atomic mass is 15.3. The van der Waals surface area contributed by atoms with Crippen molar-refractivity contribution in [3.8, 4) is 0 Å². The lowest BCUT2D eigenvalue weighted by molar-refractivity contribution is 0.423. The van der Waals surface area contributed by atoms with Gasteiger partial charge >= 0.3 is 0 Å². The van der Waals surface area contributed by atoms with Crippen LogP contribution >= 0.6 is 0 Å². The molecule has 0 saturated carbocycles. The average molecular weight is 261 g/mol. The predicted molar refractivity (Wildman–Crippen MR) is 81.5 cm³/mol. The first-order valence-electron chi connectivity index (χ1n) is 7.26. The molecule has 0 aliphatic carbocycles. The van der Waals surface area contributed by atoms with Crippen molar-refractivity contribution in [2.45, 2.75) is 65.1 Å². The minimum atomic E-state index is 0.133. The average Bonchev–Trinajstić information content (AvgIpc) is 2.66. The van der Waals surface area contributed by atoms with E-state index in [-0.39, 0.29) is 11.1 Å². The molecule has 3 nitrogen and oxygen atoms in total. The zero-order chi connectivity index (χ0) is 14.1. The first-order chi connectivity index (χ1) is 8.80. The van der Waals surface area contributed by atoms with E-state index in [1.165, 1.54) is 18.4 Å². The van der Waals surface area contributed by atoms with Crippen LogP contribution in [0.1, 0.15) is 53.0 Å². The van der Waals surface area contributed by atoms with Crippen molar-refractivity contribution in [3.05, 3.63) is 23.9 Å². The number of pyridine rings is 1. The zero-order valence-corrected chi connectivity index (χ0v) is 13.0. The van der Waals surface area contributed by atoms with Gasteiger partial charge in [-0.1, -0.05) is 6.07 Å². The van der Waals surface area contributed by atoms with E-state index in [1.807, 2.05) is 12.3 Å². The van der Waals surface area contributed by atoms with Crippen molar-refractivity contribution in [1.82, 2.24) is 10.3 Å². The maximum absolute atomic E-state index is 4.64. The van der Waals surface area contributed by atoms with Gasteiger partial charge in [0, 0.05) is 35.9 Å². The number of rotatable bonds is 3. The van der Waals surface area contributed by atoms with Gasteiger partial charge in [0.15, 0.2) is 0 Å². The molecular formula is C16H27N3. The summed E-state index contributed by atoms with van der Waals surface area (Å²) in [6, 6.07) is 4.22. The summed E-state index contributed by atoms with van der Waals surface area (Å²) in [5, 5.41) is 3.56. The van der Waals surface area contributed by atoms with Gasteiger partial charge in [-0.15, -0.1) is 0 Å². The third-order valence-corrected chi connectivity index (χ3v) is 3.83. The van der Waals surface area contributed by atoms with Crippen LogP contribution in [0.2, 0.25) is 0 Å². The number of hydrogen-bond acceptors (Lipinski definition) is 3. The van der Waals surface area contributed by atoms with E-state index in [4.69, 9.17) is 0 Å². The van der Waals surface area contributed by atoms with E-state index in [0.717, 1.165) is 18.9 Å². The van der Waals surface area contributed by atoms with Crippen molar-refractivity contribution < 1.29 is 0 Å². The third-order valence-electron chi connectivity index (χ3n) is 3.83. The van der Waals surface area contributed by atoms with Crippen molar-refractivity contribution in [3.63, 3.8) is 0 Å². The monoisotopic (exact) mass is 261 g/mol. The summed E-state index contributed by atoms with van der Waals surface area (Å²) >= 11 is 0.